The first-order chi connectivity index (χ1) is 9.35. The molecule has 1 aliphatic heterocycles. The van der Waals surface area contributed by atoms with Gasteiger partial charge >= 0.3 is 0 Å². The Labute approximate surface area is 130 Å². The van der Waals surface area contributed by atoms with E-state index in [2.05, 4.69) is 47.1 Å². The van der Waals surface area contributed by atoms with Crippen LogP contribution in [-0.2, 0) is 18.2 Å². The van der Waals surface area contributed by atoms with E-state index in [0.29, 0.717) is 6.04 Å². The summed E-state index contributed by atoms with van der Waals surface area (Å²) >= 11 is 3.69. The predicted molar refractivity (Wildman–Crippen MR) is 85.0 cm³/mol. The number of hydrogen-bond donors (Lipinski definition) is 1. The third-order valence-corrected chi connectivity index (χ3v) is 5.51. The first-order valence-corrected chi connectivity index (χ1v) is 8.18. The number of nitrogens with one attached hydrogen (secondary N) is 1. The lowest BCUT2D eigenvalue weighted by Gasteiger charge is -2.33. The van der Waals surface area contributed by atoms with Crippen LogP contribution in [-0.4, -0.2) is 35.1 Å². The molecule has 0 saturated carbocycles. The smallest absolute Gasteiger partial charge is 0.0738 e. The minimum absolute atomic E-state index is 0.160. The highest BCUT2D eigenvalue weighted by Crippen LogP contribution is 2.39. The molecule has 5 heteroatoms. The molecule has 20 heavy (non-hydrogen) atoms. The first kappa shape index (κ1) is 16.0. The number of rotatable bonds is 5. The molecule has 0 aliphatic carbocycles. The number of ether oxygens (including phenoxy) is 1. The van der Waals surface area contributed by atoms with Crippen molar-refractivity contribution >= 4 is 15.9 Å². The highest BCUT2D eigenvalue weighted by Gasteiger charge is 2.42. The van der Waals surface area contributed by atoms with Gasteiger partial charge in [-0.3, -0.25) is 4.68 Å². The van der Waals surface area contributed by atoms with Gasteiger partial charge in [0.15, 0.2) is 0 Å². The molecule has 114 valence electrons. The van der Waals surface area contributed by atoms with Crippen molar-refractivity contribution in [2.75, 3.05) is 13.2 Å². The van der Waals surface area contributed by atoms with E-state index in [1.54, 1.807) is 0 Å². The average Bonchev–Trinajstić information content (AvgIpc) is 2.84. The van der Waals surface area contributed by atoms with Gasteiger partial charge in [-0.25, -0.2) is 0 Å². The van der Waals surface area contributed by atoms with Crippen LogP contribution in [0.1, 0.15) is 38.6 Å². The van der Waals surface area contributed by atoms with Gasteiger partial charge in [-0.2, -0.15) is 5.10 Å². The van der Waals surface area contributed by atoms with Crippen molar-refractivity contribution < 1.29 is 4.74 Å². The number of aryl methyl sites for hydroxylation is 2. The average molecular weight is 344 g/mol. The summed E-state index contributed by atoms with van der Waals surface area (Å²) < 4.78 is 9.02. The van der Waals surface area contributed by atoms with Crippen LogP contribution in [0.15, 0.2) is 4.47 Å². The van der Waals surface area contributed by atoms with Gasteiger partial charge in [-0.05, 0) is 42.6 Å². The van der Waals surface area contributed by atoms with Gasteiger partial charge in [-0.15, -0.1) is 0 Å². The van der Waals surface area contributed by atoms with Crippen molar-refractivity contribution in [2.45, 2.75) is 52.7 Å². The minimum atomic E-state index is 0.160. The zero-order valence-electron chi connectivity index (χ0n) is 13.2. The Morgan fingerprint density at radius 3 is 2.70 bits per heavy atom. The van der Waals surface area contributed by atoms with Gasteiger partial charge in [0.05, 0.1) is 22.0 Å². The zero-order valence-corrected chi connectivity index (χ0v) is 14.7. The molecule has 0 spiro atoms. The van der Waals surface area contributed by atoms with Crippen molar-refractivity contribution in [3.05, 3.63) is 15.9 Å². The van der Waals surface area contributed by atoms with Crippen molar-refractivity contribution in [1.82, 2.24) is 15.1 Å². The molecule has 1 aromatic heterocycles. The van der Waals surface area contributed by atoms with Crippen molar-refractivity contribution in [3.63, 3.8) is 0 Å². The van der Waals surface area contributed by atoms with E-state index in [9.17, 15) is 0 Å². The molecule has 0 aromatic carbocycles. The quantitative estimate of drug-likeness (QED) is 0.893. The maximum Gasteiger partial charge on any atom is 0.0738 e. The predicted octanol–water partition coefficient (Wildman–Crippen LogP) is 2.83. The van der Waals surface area contributed by atoms with Gasteiger partial charge in [0, 0.05) is 31.7 Å². The lowest BCUT2D eigenvalue weighted by Crippen LogP contribution is -2.43. The molecule has 1 saturated heterocycles. The van der Waals surface area contributed by atoms with Gasteiger partial charge in [0.2, 0.25) is 0 Å². The number of aromatic nitrogens is 2. The summed E-state index contributed by atoms with van der Waals surface area (Å²) in [7, 11) is 2.02. The number of hydrogen-bond acceptors (Lipinski definition) is 3. The minimum Gasteiger partial charge on any atom is -0.378 e. The molecule has 1 aromatic rings. The highest BCUT2D eigenvalue weighted by molar-refractivity contribution is 9.10. The fourth-order valence-electron chi connectivity index (χ4n) is 2.96. The molecular weight excluding hydrogens is 318 g/mol. The third-order valence-electron chi connectivity index (χ3n) is 4.47. The highest BCUT2D eigenvalue weighted by atomic mass is 79.9. The Kier molecular flexibility index (Phi) is 4.92. The van der Waals surface area contributed by atoms with Crippen LogP contribution in [0.5, 0.6) is 0 Å². The lowest BCUT2D eigenvalue weighted by molar-refractivity contribution is 0.0611. The van der Waals surface area contributed by atoms with Crippen LogP contribution in [0.2, 0.25) is 0 Å². The van der Waals surface area contributed by atoms with Gasteiger partial charge < -0.3 is 10.1 Å². The van der Waals surface area contributed by atoms with Crippen LogP contribution in [0, 0.1) is 12.3 Å². The SMILES string of the molecule is Cc1nn(C)c(CC2(CNC(C)C)CCOC2C)c1Br. The van der Waals surface area contributed by atoms with E-state index in [1.165, 1.54) is 5.69 Å². The van der Waals surface area contributed by atoms with Crippen LogP contribution in [0.3, 0.4) is 0 Å². The lowest BCUT2D eigenvalue weighted by atomic mass is 9.77. The summed E-state index contributed by atoms with van der Waals surface area (Å²) in [5, 5.41) is 8.11. The Hall–Kier alpha value is -0.390. The van der Waals surface area contributed by atoms with Crippen LogP contribution >= 0.6 is 15.9 Å². The number of nitrogens with zero attached hydrogens (tertiary/aromatic N) is 2. The second kappa shape index (κ2) is 6.16. The van der Waals surface area contributed by atoms with Crippen LogP contribution < -0.4 is 5.32 Å². The molecule has 0 bridgehead atoms. The van der Waals surface area contributed by atoms with Crippen molar-refractivity contribution in [2.24, 2.45) is 12.5 Å². The molecule has 2 atom stereocenters. The maximum absolute atomic E-state index is 5.87. The Balaban J connectivity index is 2.24. The van der Waals surface area contributed by atoms with E-state index in [0.717, 1.165) is 36.2 Å². The third kappa shape index (κ3) is 3.10. The Morgan fingerprint density at radius 2 is 2.25 bits per heavy atom. The summed E-state index contributed by atoms with van der Waals surface area (Å²) in [6.07, 6.45) is 2.37. The molecule has 2 rings (SSSR count). The van der Waals surface area contributed by atoms with Gasteiger partial charge in [0.1, 0.15) is 0 Å². The molecular formula is C15H26BrN3O. The van der Waals surface area contributed by atoms with E-state index in [1.807, 2.05) is 18.7 Å². The second-order valence-corrected chi connectivity index (χ2v) is 7.10. The monoisotopic (exact) mass is 343 g/mol. The van der Waals surface area contributed by atoms with E-state index >= 15 is 0 Å². The Bertz CT molecular complexity index is 472. The Morgan fingerprint density at radius 1 is 1.55 bits per heavy atom. The molecule has 1 aliphatic rings. The standard InChI is InChI=1S/C15H26BrN3O/c1-10(2)17-9-15(6-7-20-12(15)4)8-13-14(16)11(3)18-19(13)5/h10,12,17H,6-9H2,1-5H3. The van der Waals surface area contributed by atoms with Gasteiger partial charge in [0.25, 0.3) is 0 Å². The fraction of sp³-hybridized carbons (Fsp3) is 0.800. The van der Waals surface area contributed by atoms with E-state index in [4.69, 9.17) is 4.74 Å². The van der Waals surface area contributed by atoms with E-state index < -0.39 is 0 Å². The fourth-order valence-corrected chi connectivity index (χ4v) is 3.43. The first-order valence-electron chi connectivity index (χ1n) is 7.38. The largest absolute Gasteiger partial charge is 0.378 e. The van der Waals surface area contributed by atoms with Crippen molar-refractivity contribution in [3.8, 4) is 0 Å². The van der Waals surface area contributed by atoms with Crippen LogP contribution in [0.25, 0.3) is 0 Å². The molecule has 1 fully saturated rings. The molecule has 0 radical (unpaired) electrons. The summed E-state index contributed by atoms with van der Waals surface area (Å²) in [5.41, 5.74) is 2.49. The maximum atomic E-state index is 5.87. The summed E-state index contributed by atoms with van der Waals surface area (Å²) in [5.74, 6) is 0. The number of halogens is 1. The zero-order chi connectivity index (χ0) is 14.9. The molecule has 2 unspecified atom stereocenters. The molecule has 4 nitrogen and oxygen atoms in total. The topological polar surface area (TPSA) is 39.1 Å². The molecule has 2 heterocycles. The van der Waals surface area contributed by atoms with Gasteiger partial charge in [-0.1, -0.05) is 13.8 Å². The van der Waals surface area contributed by atoms with Crippen LogP contribution in [0.4, 0.5) is 0 Å². The van der Waals surface area contributed by atoms with E-state index in [-0.39, 0.29) is 11.5 Å². The molecule has 1 N–H and O–H groups in total. The molecule has 0 amide bonds. The summed E-state index contributed by atoms with van der Waals surface area (Å²) in [6.45, 7) is 10.5. The summed E-state index contributed by atoms with van der Waals surface area (Å²) in [4.78, 5) is 0. The second-order valence-electron chi connectivity index (χ2n) is 6.31. The normalized spacial score (nSPS) is 26.6. The van der Waals surface area contributed by atoms with Crippen molar-refractivity contribution in [1.29, 1.82) is 0 Å². The summed E-state index contributed by atoms with van der Waals surface area (Å²) in [6, 6.07) is 0.497.